The number of nitrogens with one attached hydrogen (secondary N) is 1. The van der Waals surface area contributed by atoms with E-state index in [4.69, 9.17) is 10.5 Å². The molecule has 0 aliphatic carbocycles. The van der Waals surface area contributed by atoms with E-state index in [2.05, 4.69) is 21.4 Å². The smallest absolute Gasteiger partial charge is 0.269 e. The van der Waals surface area contributed by atoms with E-state index in [-0.39, 0.29) is 29.6 Å². The summed E-state index contributed by atoms with van der Waals surface area (Å²) in [6.07, 6.45) is 1.73. The van der Waals surface area contributed by atoms with Gasteiger partial charge in [0.2, 0.25) is 11.8 Å². The number of nitro groups is 1. The Labute approximate surface area is 254 Å². The van der Waals surface area contributed by atoms with Gasteiger partial charge in [0, 0.05) is 45.2 Å². The van der Waals surface area contributed by atoms with Gasteiger partial charge in [-0.3, -0.25) is 14.9 Å². The van der Waals surface area contributed by atoms with Gasteiger partial charge in [-0.05, 0) is 29.8 Å². The standard InChI is InChI=1S/C33H22N8O4/c34-15-25-31(35)45-28-14-13-23-22-5-1-3-7-26(22)36-30(23)29(28)33(25)24-6-2-4-8-27(24)40(32(33)42)18-20-17-39(38-37-20)16-19-9-11-21(12-10-19)41(43)44/h1-14,17,36H,16,18,35H2. The van der Waals surface area contributed by atoms with Crippen molar-refractivity contribution in [2.45, 2.75) is 18.5 Å². The van der Waals surface area contributed by atoms with Crippen molar-refractivity contribution in [1.82, 2.24) is 20.0 Å². The molecule has 1 atom stereocenters. The molecule has 1 unspecified atom stereocenters. The first-order chi connectivity index (χ1) is 21.9. The highest BCUT2D eigenvalue weighted by Crippen LogP contribution is 2.57. The molecule has 45 heavy (non-hydrogen) atoms. The van der Waals surface area contributed by atoms with Crippen LogP contribution in [0.1, 0.15) is 22.4 Å². The molecule has 2 aliphatic heterocycles. The molecule has 0 bridgehead atoms. The third kappa shape index (κ3) is 3.67. The van der Waals surface area contributed by atoms with Crippen molar-refractivity contribution in [2.24, 2.45) is 5.73 Å². The van der Waals surface area contributed by atoms with Crippen LogP contribution in [0.25, 0.3) is 21.8 Å². The largest absolute Gasteiger partial charge is 0.440 e. The first-order valence-corrected chi connectivity index (χ1v) is 14.1. The molecule has 6 aromatic rings. The van der Waals surface area contributed by atoms with Gasteiger partial charge < -0.3 is 20.4 Å². The summed E-state index contributed by atoms with van der Waals surface area (Å²) in [4.78, 5) is 30.6. The molecule has 12 nitrogen and oxygen atoms in total. The van der Waals surface area contributed by atoms with Crippen molar-refractivity contribution in [1.29, 1.82) is 5.26 Å². The van der Waals surface area contributed by atoms with E-state index in [9.17, 15) is 20.2 Å². The Balaban J connectivity index is 1.24. The number of benzene rings is 4. The minimum absolute atomic E-state index is 0.00371. The maximum absolute atomic E-state index is 15.0. The summed E-state index contributed by atoms with van der Waals surface area (Å²) in [6, 6.07) is 27.4. The molecule has 12 heteroatoms. The quantitative estimate of drug-likeness (QED) is 0.212. The number of amides is 1. The molecule has 2 aromatic heterocycles. The van der Waals surface area contributed by atoms with Crippen LogP contribution in [-0.2, 0) is 23.3 Å². The lowest BCUT2D eigenvalue weighted by Gasteiger charge is -2.34. The molecule has 0 saturated heterocycles. The summed E-state index contributed by atoms with van der Waals surface area (Å²) in [7, 11) is 0. The van der Waals surface area contributed by atoms with Crippen molar-refractivity contribution in [2.75, 3.05) is 4.90 Å². The average molecular weight is 595 g/mol. The summed E-state index contributed by atoms with van der Waals surface area (Å²) in [5, 5.41) is 31.9. The number of nitro benzene ring substituents is 1. The van der Waals surface area contributed by atoms with Gasteiger partial charge in [-0.2, -0.15) is 5.26 Å². The van der Waals surface area contributed by atoms with Gasteiger partial charge in [-0.1, -0.05) is 53.7 Å². The van der Waals surface area contributed by atoms with Crippen molar-refractivity contribution in [3.63, 3.8) is 0 Å². The van der Waals surface area contributed by atoms with Crippen LogP contribution >= 0.6 is 0 Å². The number of nitriles is 1. The fourth-order valence-corrected chi connectivity index (χ4v) is 6.63. The predicted molar refractivity (Wildman–Crippen MR) is 164 cm³/mol. The highest BCUT2D eigenvalue weighted by atomic mass is 16.6. The number of aromatic amines is 1. The van der Waals surface area contributed by atoms with E-state index in [1.165, 1.54) is 12.1 Å². The summed E-state index contributed by atoms with van der Waals surface area (Å²) in [6.45, 7) is 0.412. The highest BCUT2D eigenvalue weighted by molar-refractivity contribution is 6.18. The van der Waals surface area contributed by atoms with Crippen LogP contribution in [0.3, 0.4) is 0 Å². The molecular formula is C33H22N8O4. The van der Waals surface area contributed by atoms with Gasteiger partial charge >= 0.3 is 0 Å². The molecule has 0 saturated carbocycles. The van der Waals surface area contributed by atoms with Crippen LogP contribution in [0.2, 0.25) is 0 Å². The summed E-state index contributed by atoms with van der Waals surface area (Å²) >= 11 is 0. The highest BCUT2D eigenvalue weighted by Gasteiger charge is 2.60. The Morgan fingerprint density at radius 2 is 1.78 bits per heavy atom. The topological polar surface area (TPSA) is 169 Å². The normalized spacial score (nSPS) is 17.0. The van der Waals surface area contributed by atoms with Gasteiger partial charge in [-0.15, -0.1) is 5.10 Å². The number of nitrogens with two attached hydrogens (primary N) is 1. The zero-order valence-electron chi connectivity index (χ0n) is 23.5. The lowest BCUT2D eigenvalue weighted by molar-refractivity contribution is -0.384. The zero-order valence-corrected chi connectivity index (χ0v) is 23.5. The first-order valence-electron chi connectivity index (χ1n) is 14.1. The number of nitrogens with zero attached hydrogens (tertiary/aromatic N) is 6. The minimum Gasteiger partial charge on any atom is -0.440 e. The molecule has 4 heterocycles. The first kappa shape index (κ1) is 26.2. The molecule has 1 spiro atoms. The maximum Gasteiger partial charge on any atom is 0.269 e. The average Bonchev–Trinajstić information content (AvgIpc) is 3.72. The van der Waals surface area contributed by atoms with Crippen molar-refractivity contribution in [3.05, 3.63) is 135 Å². The fourth-order valence-electron chi connectivity index (χ4n) is 6.63. The number of anilines is 1. The molecule has 4 aromatic carbocycles. The van der Waals surface area contributed by atoms with E-state index in [1.807, 2.05) is 54.6 Å². The molecule has 0 radical (unpaired) electrons. The Kier molecular flexibility index (Phi) is 5.53. The van der Waals surface area contributed by atoms with E-state index < -0.39 is 10.3 Å². The van der Waals surface area contributed by atoms with Crippen LogP contribution in [0.5, 0.6) is 5.75 Å². The number of hydrogen-bond donors (Lipinski definition) is 2. The molecule has 3 N–H and O–H groups in total. The van der Waals surface area contributed by atoms with Crippen molar-refractivity contribution >= 4 is 39.1 Å². The van der Waals surface area contributed by atoms with E-state index in [0.717, 1.165) is 21.9 Å². The summed E-state index contributed by atoms with van der Waals surface area (Å²) in [5.41, 5.74) is 9.50. The number of hydrogen-bond acceptors (Lipinski definition) is 8. The van der Waals surface area contributed by atoms with Crippen LogP contribution in [0.4, 0.5) is 11.4 Å². The number of carbonyl (C=O) groups is 1. The number of ether oxygens (including phenoxy) is 1. The minimum atomic E-state index is -1.57. The fraction of sp³-hybridized carbons (Fsp3) is 0.0909. The van der Waals surface area contributed by atoms with Crippen LogP contribution in [-0.4, -0.2) is 30.8 Å². The Morgan fingerprint density at radius 3 is 2.58 bits per heavy atom. The number of para-hydroxylation sites is 2. The van der Waals surface area contributed by atoms with Gasteiger partial charge in [0.1, 0.15) is 28.5 Å². The molecule has 8 rings (SSSR count). The lowest BCUT2D eigenvalue weighted by atomic mass is 9.68. The van der Waals surface area contributed by atoms with E-state index in [1.54, 1.807) is 34.0 Å². The second-order valence-electron chi connectivity index (χ2n) is 11.0. The Hall–Kier alpha value is -6.48. The predicted octanol–water partition coefficient (Wildman–Crippen LogP) is 4.79. The monoisotopic (exact) mass is 594 g/mol. The van der Waals surface area contributed by atoms with Crippen molar-refractivity contribution < 1.29 is 14.5 Å². The number of non-ortho nitro benzene ring substituents is 1. The third-order valence-corrected chi connectivity index (χ3v) is 8.53. The van der Waals surface area contributed by atoms with Crippen molar-refractivity contribution in [3.8, 4) is 11.8 Å². The van der Waals surface area contributed by atoms with Gasteiger partial charge in [0.25, 0.3) is 5.69 Å². The number of aromatic nitrogens is 4. The summed E-state index contributed by atoms with van der Waals surface area (Å²) < 4.78 is 7.61. The van der Waals surface area contributed by atoms with Crippen LogP contribution in [0.15, 0.2) is 103 Å². The lowest BCUT2D eigenvalue weighted by Crippen LogP contribution is -2.46. The van der Waals surface area contributed by atoms with Gasteiger partial charge in [0.15, 0.2) is 0 Å². The maximum atomic E-state index is 15.0. The van der Waals surface area contributed by atoms with Gasteiger partial charge in [-0.25, -0.2) is 4.68 Å². The SMILES string of the molecule is N#CC1=C(N)Oc2ccc3c([nH]c4ccccc43)c2C12C(=O)N(Cc1cn(Cc3ccc([N+](=O)[O-])cc3)nn1)c1ccccc12. The Morgan fingerprint density at radius 1 is 1.00 bits per heavy atom. The van der Waals surface area contributed by atoms with E-state index >= 15 is 0 Å². The third-order valence-electron chi connectivity index (χ3n) is 8.53. The second-order valence-corrected chi connectivity index (χ2v) is 11.0. The molecular weight excluding hydrogens is 572 g/mol. The van der Waals surface area contributed by atoms with Crippen LogP contribution < -0.4 is 15.4 Å². The second kappa shape index (κ2) is 9.51. The number of rotatable bonds is 5. The van der Waals surface area contributed by atoms with E-state index in [0.29, 0.717) is 40.3 Å². The number of carbonyl (C=O) groups excluding carboxylic acids is 1. The molecule has 218 valence electrons. The Bertz CT molecular complexity index is 2300. The number of fused-ring (bicyclic) bond motifs is 8. The molecule has 0 fully saturated rings. The number of H-pyrrole nitrogens is 1. The van der Waals surface area contributed by atoms with Gasteiger partial charge in [0.05, 0.1) is 29.7 Å². The van der Waals surface area contributed by atoms with Crippen LogP contribution in [0, 0.1) is 21.4 Å². The summed E-state index contributed by atoms with van der Waals surface area (Å²) in [5.74, 6) is -0.0899. The molecule has 1 amide bonds. The molecule has 2 aliphatic rings. The zero-order chi connectivity index (χ0) is 30.9.